The molecular formula is C17H19F2N3. The van der Waals surface area contributed by atoms with E-state index < -0.39 is 0 Å². The summed E-state index contributed by atoms with van der Waals surface area (Å²) in [6, 6.07) is 12.9. The first-order valence-electron chi connectivity index (χ1n) is 7.11. The van der Waals surface area contributed by atoms with Crippen LogP contribution in [-0.4, -0.2) is 19.6 Å². The first-order chi connectivity index (χ1) is 10.7. The van der Waals surface area contributed by atoms with Crippen molar-refractivity contribution in [3.8, 4) is 0 Å². The molecule has 0 atom stereocenters. The Morgan fingerprint density at radius 2 is 1.73 bits per heavy atom. The van der Waals surface area contributed by atoms with E-state index in [1.54, 1.807) is 25.2 Å². The number of nitrogens with one attached hydrogen (secondary N) is 2. The highest BCUT2D eigenvalue weighted by molar-refractivity contribution is 5.79. The van der Waals surface area contributed by atoms with E-state index in [9.17, 15) is 8.78 Å². The van der Waals surface area contributed by atoms with Gasteiger partial charge in [0.25, 0.3) is 0 Å². The SMILES string of the molecule is CN=C(NCCc1ccc(F)cc1)NCc1cccc(F)c1. The lowest BCUT2D eigenvalue weighted by Crippen LogP contribution is -2.37. The summed E-state index contributed by atoms with van der Waals surface area (Å²) in [7, 11) is 1.68. The summed E-state index contributed by atoms with van der Waals surface area (Å²) in [5.41, 5.74) is 1.90. The van der Waals surface area contributed by atoms with Crippen LogP contribution in [0, 0.1) is 11.6 Å². The Morgan fingerprint density at radius 3 is 2.41 bits per heavy atom. The van der Waals surface area contributed by atoms with Crippen LogP contribution in [0.15, 0.2) is 53.5 Å². The van der Waals surface area contributed by atoms with Gasteiger partial charge in [0.2, 0.25) is 0 Å². The quantitative estimate of drug-likeness (QED) is 0.658. The van der Waals surface area contributed by atoms with Crippen LogP contribution >= 0.6 is 0 Å². The zero-order chi connectivity index (χ0) is 15.8. The van der Waals surface area contributed by atoms with Gasteiger partial charge < -0.3 is 10.6 Å². The van der Waals surface area contributed by atoms with E-state index in [1.165, 1.54) is 24.3 Å². The Bertz CT molecular complexity index is 624. The number of guanidine groups is 1. The molecular weight excluding hydrogens is 284 g/mol. The molecule has 0 saturated heterocycles. The maximum atomic E-state index is 13.1. The monoisotopic (exact) mass is 303 g/mol. The van der Waals surface area contributed by atoms with E-state index in [2.05, 4.69) is 15.6 Å². The van der Waals surface area contributed by atoms with Gasteiger partial charge in [-0.2, -0.15) is 0 Å². The van der Waals surface area contributed by atoms with Gasteiger partial charge in [-0.25, -0.2) is 8.78 Å². The number of hydrogen-bond donors (Lipinski definition) is 2. The predicted molar refractivity (Wildman–Crippen MR) is 84.7 cm³/mol. The second-order valence-electron chi connectivity index (χ2n) is 4.86. The fourth-order valence-electron chi connectivity index (χ4n) is 2.03. The van der Waals surface area contributed by atoms with Crippen molar-refractivity contribution in [3.05, 3.63) is 71.3 Å². The van der Waals surface area contributed by atoms with E-state index in [0.29, 0.717) is 19.0 Å². The third-order valence-corrected chi connectivity index (χ3v) is 3.19. The molecule has 0 bridgehead atoms. The maximum absolute atomic E-state index is 13.1. The topological polar surface area (TPSA) is 36.4 Å². The summed E-state index contributed by atoms with van der Waals surface area (Å²) in [4.78, 5) is 4.11. The van der Waals surface area contributed by atoms with Crippen LogP contribution in [0.25, 0.3) is 0 Å². The van der Waals surface area contributed by atoms with Gasteiger partial charge in [-0.1, -0.05) is 24.3 Å². The van der Waals surface area contributed by atoms with Crippen LogP contribution < -0.4 is 10.6 Å². The van der Waals surface area contributed by atoms with Crippen LogP contribution in [0.5, 0.6) is 0 Å². The van der Waals surface area contributed by atoms with Gasteiger partial charge in [0.1, 0.15) is 11.6 Å². The largest absolute Gasteiger partial charge is 0.356 e. The Hall–Kier alpha value is -2.43. The Labute approximate surface area is 129 Å². The number of nitrogens with zero attached hydrogens (tertiary/aromatic N) is 1. The zero-order valence-electron chi connectivity index (χ0n) is 12.4. The van der Waals surface area contributed by atoms with Gasteiger partial charge in [0.05, 0.1) is 0 Å². The number of rotatable bonds is 5. The van der Waals surface area contributed by atoms with Crippen molar-refractivity contribution in [1.82, 2.24) is 10.6 Å². The first-order valence-corrected chi connectivity index (χ1v) is 7.11. The minimum absolute atomic E-state index is 0.232. The maximum Gasteiger partial charge on any atom is 0.191 e. The van der Waals surface area contributed by atoms with Gasteiger partial charge in [-0.3, -0.25) is 4.99 Å². The molecule has 22 heavy (non-hydrogen) atoms. The zero-order valence-corrected chi connectivity index (χ0v) is 12.4. The standard InChI is InChI=1S/C17H19F2N3/c1-20-17(22-12-14-3-2-4-16(19)11-14)21-10-9-13-5-7-15(18)8-6-13/h2-8,11H,9-10,12H2,1H3,(H2,20,21,22). The fourth-order valence-corrected chi connectivity index (χ4v) is 2.03. The first kappa shape index (κ1) is 15.9. The molecule has 0 fully saturated rings. The highest BCUT2D eigenvalue weighted by Gasteiger charge is 2.00. The lowest BCUT2D eigenvalue weighted by molar-refractivity contribution is 0.624. The third kappa shape index (κ3) is 5.16. The molecule has 0 saturated carbocycles. The molecule has 2 N–H and O–H groups in total. The van der Waals surface area contributed by atoms with Crippen molar-refractivity contribution in [2.45, 2.75) is 13.0 Å². The minimum atomic E-state index is -0.251. The molecule has 2 aromatic rings. The van der Waals surface area contributed by atoms with Crippen molar-refractivity contribution < 1.29 is 8.78 Å². The number of aliphatic imine (C=N–C) groups is 1. The third-order valence-electron chi connectivity index (χ3n) is 3.19. The van der Waals surface area contributed by atoms with Crippen LogP contribution in [0.4, 0.5) is 8.78 Å². The Morgan fingerprint density at radius 1 is 0.955 bits per heavy atom. The Balaban J connectivity index is 1.76. The van der Waals surface area contributed by atoms with Crippen LogP contribution in [0.1, 0.15) is 11.1 Å². The molecule has 2 aromatic carbocycles. The fraction of sp³-hybridized carbons (Fsp3) is 0.235. The smallest absolute Gasteiger partial charge is 0.191 e. The summed E-state index contributed by atoms with van der Waals surface area (Å²) in [6.07, 6.45) is 0.765. The van der Waals surface area contributed by atoms with Crippen LogP contribution in [-0.2, 0) is 13.0 Å². The van der Waals surface area contributed by atoms with Gasteiger partial charge >= 0.3 is 0 Å². The van der Waals surface area contributed by atoms with Crippen molar-refractivity contribution >= 4 is 5.96 Å². The molecule has 0 aliphatic rings. The molecule has 0 radical (unpaired) electrons. The lowest BCUT2D eigenvalue weighted by Gasteiger charge is -2.12. The molecule has 5 heteroatoms. The molecule has 0 aliphatic heterocycles. The van der Waals surface area contributed by atoms with E-state index in [0.717, 1.165) is 17.5 Å². The summed E-state index contributed by atoms with van der Waals surface area (Å²) < 4.78 is 25.9. The number of benzene rings is 2. The molecule has 3 nitrogen and oxygen atoms in total. The van der Waals surface area contributed by atoms with Crippen LogP contribution in [0.3, 0.4) is 0 Å². The lowest BCUT2D eigenvalue weighted by atomic mass is 10.1. The Kier molecular flexibility index (Phi) is 5.89. The van der Waals surface area contributed by atoms with E-state index in [4.69, 9.17) is 0 Å². The summed E-state index contributed by atoms with van der Waals surface area (Å²) in [5.74, 6) is 0.161. The highest BCUT2D eigenvalue weighted by Crippen LogP contribution is 2.03. The van der Waals surface area contributed by atoms with Crippen LogP contribution in [0.2, 0.25) is 0 Å². The van der Waals surface area contributed by atoms with Crippen molar-refractivity contribution in [2.24, 2.45) is 4.99 Å². The number of hydrogen-bond acceptors (Lipinski definition) is 1. The van der Waals surface area contributed by atoms with Gasteiger partial charge in [0.15, 0.2) is 5.96 Å². The van der Waals surface area contributed by atoms with Crippen molar-refractivity contribution in [2.75, 3.05) is 13.6 Å². The average Bonchev–Trinajstić information content (AvgIpc) is 2.52. The van der Waals surface area contributed by atoms with Crippen molar-refractivity contribution in [1.29, 1.82) is 0 Å². The van der Waals surface area contributed by atoms with Gasteiger partial charge in [-0.05, 0) is 41.8 Å². The average molecular weight is 303 g/mol. The van der Waals surface area contributed by atoms with Gasteiger partial charge in [-0.15, -0.1) is 0 Å². The second kappa shape index (κ2) is 8.12. The van der Waals surface area contributed by atoms with E-state index in [-0.39, 0.29) is 11.6 Å². The molecule has 0 amide bonds. The molecule has 0 aromatic heterocycles. The second-order valence-corrected chi connectivity index (χ2v) is 4.86. The summed E-state index contributed by atoms with van der Waals surface area (Å²) in [6.45, 7) is 1.17. The predicted octanol–water partition coefficient (Wildman–Crippen LogP) is 2.87. The molecule has 0 heterocycles. The summed E-state index contributed by atoms with van der Waals surface area (Å²) >= 11 is 0. The molecule has 2 rings (SSSR count). The van der Waals surface area contributed by atoms with Crippen molar-refractivity contribution in [3.63, 3.8) is 0 Å². The molecule has 0 unspecified atom stereocenters. The highest BCUT2D eigenvalue weighted by atomic mass is 19.1. The van der Waals surface area contributed by atoms with Gasteiger partial charge in [0, 0.05) is 20.1 Å². The molecule has 0 spiro atoms. The van der Waals surface area contributed by atoms with E-state index in [1.807, 2.05) is 6.07 Å². The minimum Gasteiger partial charge on any atom is -0.356 e. The number of halogens is 2. The molecule has 0 aliphatic carbocycles. The normalized spacial score (nSPS) is 11.3. The summed E-state index contributed by atoms with van der Waals surface area (Å²) in [5, 5.41) is 6.29. The van der Waals surface area contributed by atoms with E-state index >= 15 is 0 Å². The molecule has 116 valence electrons.